The van der Waals surface area contributed by atoms with Crippen LogP contribution in [-0.2, 0) is 9.59 Å². The quantitative estimate of drug-likeness (QED) is 0.874. The lowest BCUT2D eigenvalue weighted by Gasteiger charge is -2.23. The van der Waals surface area contributed by atoms with Crippen LogP contribution in [0.2, 0.25) is 0 Å². The molecule has 1 atom stereocenters. The summed E-state index contributed by atoms with van der Waals surface area (Å²) in [5.74, 6) is 0.464. The molecular formula is C16H22N2O3. The average molecular weight is 290 g/mol. The van der Waals surface area contributed by atoms with Crippen LogP contribution in [0.4, 0.5) is 5.69 Å². The van der Waals surface area contributed by atoms with E-state index in [1.165, 1.54) is 6.92 Å². The van der Waals surface area contributed by atoms with E-state index >= 15 is 0 Å². The SMILES string of the molecule is COc1ccccc1NC(=O)C(NC(C)=O)C1CCCC1. The molecule has 1 aliphatic carbocycles. The number of rotatable bonds is 5. The third kappa shape index (κ3) is 3.97. The van der Waals surface area contributed by atoms with Gasteiger partial charge >= 0.3 is 0 Å². The van der Waals surface area contributed by atoms with Crippen molar-refractivity contribution >= 4 is 17.5 Å². The molecule has 21 heavy (non-hydrogen) atoms. The molecule has 2 amide bonds. The highest BCUT2D eigenvalue weighted by molar-refractivity contribution is 5.98. The lowest BCUT2D eigenvalue weighted by molar-refractivity contribution is -0.126. The maximum atomic E-state index is 12.5. The minimum absolute atomic E-state index is 0.179. The number of hydrogen-bond acceptors (Lipinski definition) is 3. The molecule has 2 rings (SSSR count). The van der Waals surface area contributed by atoms with E-state index in [4.69, 9.17) is 4.74 Å². The summed E-state index contributed by atoms with van der Waals surface area (Å²) in [6, 6.07) is 6.78. The molecule has 1 saturated carbocycles. The fourth-order valence-corrected chi connectivity index (χ4v) is 2.87. The van der Waals surface area contributed by atoms with Crippen molar-refractivity contribution in [2.75, 3.05) is 12.4 Å². The Morgan fingerprint density at radius 2 is 1.90 bits per heavy atom. The number of carbonyl (C=O) groups is 2. The first-order valence-electron chi connectivity index (χ1n) is 7.33. The molecule has 0 saturated heterocycles. The molecule has 0 aliphatic heterocycles. The Morgan fingerprint density at radius 1 is 1.24 bits per heavy atom. The van der Waals surface area contributed by atoms with Gasteiger partial charge in [0.15, 0.2) is 0 Å². The van der Waals surface area contributed by atoms with Crippen LogP contribution >= 0.6 is 0 Å². The Morgan fingerprint density at radius 3 is 2.52 bits per heavy atom. The Kier molecular flexibility index (Phi) is 5.20. The summed E-state index contributed by atoms with van der Waals surface area (Å²) in [4.78, 5) is 23.9. The Labute approximate surface area is 125 Å². The van der Waals surface area contributed by atoms with Gasteiger partial charge in [0.1, 0.15) is 11.8 Å². The van der Waals surface area contributed by atoms with Crippen LogP contribution in [0.25, 0.3) is 0 Å². The first-order valence-corrected chi connectivity index (χ1v) is 7.33. The van der Waals surface area contributed by atoms with Crippen molar-refractivity contribution in [3.8, 4) is 5.75 Å². The van der Waals surface area contributed by atoms with E-state index in [1.807, 2.05) is 12.1 Å². The topological polar surface area (TPSA) is 67.4 Å². The van der Waals surface area contributed by atoms with E-state index in [2.05, 4.69) is 10.6 Å². The van der Waals surface area contributed by atoms with Gasteiger partial charge in [-0.3, -0.25) is 9.59 Å². The Balaban J connectivity index is 2.12. The zero-order valence-corrected chi connectivity index (χ0v) is 12.5. The van der Waals surface area contributed by atoms with Crippen molar-refractivity contribution in [2.45, 2.75) is 38.6 Å². The molecule has 1 aromatic carbocycles. The minimum atomic E-state index is -0.477. The van der Waals surface area contributed by atoms with Crippen LogP contribution in [0.15, 0.2) is 24.3 Å². The lowest BCUT2D eigenvalue weighted by Crippen LogP contribution is -2.47. The molecule has 0 heterocycles. The van der Waals surface area contributed by atoms with Gasteiger partial charge < -0.3 is 15.4 Å². The highest BCUT2D eigenvalue weighted by Gasteiger charge is 2.31. The average Bonchev–Trinajstić information content (AvgIpc) is 2.99. The molecule has 1 unspecified atom stereocenters. The smallest absolute Gasteiger partial charge is 0.247 e. The summed E-state index contributed by atoms with van der Waals surface area (Å²) in [6.07, 6.45) is 4.18. The van der Waals surface area contributed by atoms with Gasteiger partial charge in [0.25, 0.3) is 0 Å². The number of anilines is 1. The van der Waals surface area contributed by atoms with Gasteiger partial charge in [0, 0.05) is 6.92 Å². The number of methoxy groups -OCH3 is 1. The van der Waals surface area contributed by atoms with Crippen molar-refractivity contribution in [3.05, 3.63) is 24.3 Å². The molecule has 1 aliphatic rings. The van der Waals surface area contributed by atoms with E-state index in [9.17, 15) is 9.59 Å². The van der Waals surface area contributed by atoms with E-state index in [1.54, 1.807) is 19.2 Å². The fraction of sp³-hybridized carbons (Fsp3) is 0.500. The van der Waals surface area contributed by atoms with Crippen molar-refractivity contribution in [1.82, 2.24) is 5.32 Å². The predicted molar refractivity (Wildman–Crippen MR) is 81.2 cm³/mol. The first-order chi connectivity index (χ1) is 10.1. The van der Waals surface area contributed by atoms with Crippen LogP contribution in [0.3, 0.4) is 0 Å². The predicted octanol–water partition coefficient (Wildman–Crippen LogP) is 2.33. The first kappa shape index (κ1) is 15.4. The summed E-state index contributed by atoms with van der Waals surface area (Å²) >= 11 is 0. The number of benzene rings is 1. The van der Waals surface area contributed by atoms with Crippen molar-refractivity contribution in [1.29, 1.82) is 0 Å². The monoisotopic (exact) mass is 290 g/mol. The molecule has 0 bridgehead atoms. The summed E-state index contributed by atoms with van der Waals surface area (Å²) in [7, 11) is 1.56. The standard InChI is InChI=1S/C16H22N2O3/c1-11(19)17-15(12-7-3-4-8-12)16(20)18-13-9-5-6-10-14(13)21-2/h5-6,9-10,12,15H,3-4,7-8H2,1-2H3,(H,17,19)(H,18,20). The van der Waals surface area contributed by atoms with Gasteiger partial charge in [-0.25, -0.2) is 0 Å². The number of hydrogen-bond donors (Lipinski definition) is 2. The van der Waals surface area contributed by atoms with Crippen LogP contribution in [0.1, 0.15) is 32.6 Å². The molecule has 1 aromatic rings. The second-order valence-corrected chi connectivity index (χ2v) is 5.41. The normalized spacial score (nSPS) is 16.3. The molecule has 2 N–H and O–H groups in total. The largest absolute Gasteiger partial charge is 0.495 e. The molecule has 5 heteroatoms. The number of amides is 2. The van der Waals surface area contributed by atoms with Crippen LogP contribution in [0.5, 0.6) is 5.75 Å². The molecule has 1 fully saturated rings. The second kappa shape index (κ2) is 7.11. The molecule has 0 radical (unpaired) electrons. The van der Waals surface area contributed by atoms with Gasteiger partial charge in [-0.1, -0.05) is 25.0 Å². The van der Waals surface area contributed by atoms with E-state index in [0.29, 0.717) is 11.4 Å². The molecule has 114 valence electrons. The summed E-state index contributed by atoms with van der Waals surface area (Å²) in [5.41, 5.74) is 0.623. The van der Waals surface area contributed by atoms with E-state index in [-0.39, 0.29) is 17.7 Å². The Hall–Kier alpha value is -2.04. The summed E-state index contributed by atoms with van der Waals surface area (Å²) in [6.45, 7) is 1.44. The van der Waals surface area contributed by atoms with Crippen LogP contribution < -0.4 is 15.4 Å². The van der Waals surface area contributed by atoms with Crippen molar-refractivity contribution in [3.63, 3.8) is 0 Å². The number of para-hydroxylation sites is 2. The van der Waals surface area contributed by atoms with Gasteiger partial charge in [0.2, 0.25) is 11.8 Å². The van der Waals surface area contributed by atoms with Gasteiger partial charge in [-0.2, -0.15) is 0 Å². The number of nitrogens with one attached hydrogen (secondary N) is 2. The fourth-order valence-electron chi connectivity index (χ4n) is 2.87. The number of ether oxygens (including phenoxy) is 1. The molecule has 5 nitrogen and oxygen atoms in total. The van der Waals surface area contributed by atoms with Crippen LogP contribution in [-0.4, -0.2) is 25.0 Å². The third-order valence-corrected chi connectivity index (χ3v) is 3.88. The highest BCUT2D eigenvalue weighted by Crippen LogP contribution is 2.29. The maximum absolute atomic E-state index is 12.5. The second-order valence-electron chi connectivity index (χ2n) is 5.41. The lowest BCUT2D eigenvalue weighted by atomic mass is 9.97. The van der Waals surface area contributed by atoms with Gasteiger partial charge in [0.05, 0.1) is 12.8 Å². The summed E-state index contributed by atoms with van der Waals surface area (Å²) in [5, 5.41) is 5.65. The number of carbonyl (C=O) groups excluding carboxylic acids is 2. The molecule has 0 spiro atoms. The highest BCUT2D eigenvalue weighted by atomic mass is 16.5. The molecule has 0 aromatic heterocycles. The zero-order valence-electron chi connectivity index (χ0n) is 12.5. The molecular weight excluding hydrogens is 268 g/mol. The van der Waals surface area contributed by atoms with Crippen molar-refractivity contribution < 1.29 is 14.3 Å². The third-order valence-electron chi connectivity index (χ3n) is 3.88. The van der Waals surface area contributed by atoms with Gasteiger partial charge in [-0.05, 0) is 30.9 Å². The minimum Gasteiger partial charge on any atom is -0.495 e. The maximum Gasteiger partial charge on any atom is 0.247 e. The summed E-state index contributed by atoms with van der Waals surface area (Å²) < 4.78 is 5.23. The zero-order chi connectivity index (χ0) is 15.2. The Bertz CT molecular complexity index is 510. The van der Waals surface area contributed by atoms with E-state index < -0.39 is 6.04 Å². The van der Waals surface area contributed by atoms with E-state index in [0.717, 1.165) is 25.7 Å². The van der Waals surface area contributed by atoms with Crippen LogP contribution in [0, 0.1) is 5.92 Å². The van der Waals surface area contributed by atoms with Crippen molar-refractivity contribution in [2.24, 2.45) is 5.92 Å². The van der Waals surface area contributed by atoms with Gasteiger partial charge in [-0.15, -0.1) is 0 Å².